The van der Waals surface area contributed by atoms with Gasteiger partial charge in [0.05, 0.1) is 6.54 Å². The number of carbonyl (C=O) groups is 1. The highest BCUT2D eigenvalue weighted by Gasteiger charge is 2.28. The van der Waals surface area contributed by atoms with Gasteiger partial charge in [-0.3, -0.25) is 9.69 Å². The SMILES string of the molecule is C[C@@H]1CCc2ccccc2N1C(=O)CN(C)Cc1ccc(F)cc1F. The van der Waals surface area contributed by atoms with Crippen LogP contribution in [0, 0.1) is 11.6 Å². The van der Waals surface area contributed by atoms with Gasteiger partial charge in [0.1, 0.15) is 11.6 Å². The molecule has 1 aliphatic heterocycles. The molecule has 0 fully saturated rings. The van der Waals surface area contributed by atoms with Gasteiger partial charge < -0.3 is 4.90 Å². The van der Waals surface area contributed by atoms with E-state index in [1.807, 2.05) is 30.0 Å². The molecule has 1 aliphatic rings. The van der Waals surface area contributed by atoms with Gasteiger partial charge in [0.2, 0.25) is 5.91 Å². The van der Waals surface area contributed by atoms with Crippen molar-refractivity contribution in [2.75, 3.05) is 18.5 Å². The molecular weight excluding hydrogens is 322 g/mol. The number of hydrogen-bond acceptors (Lipinski definition) is 2. The van der Waals surface area contributed by atoms with Gasteiger partial charge in [-0.2, -0.15) is 0 Å². The minimum absolute atomic E-state index is 0.00956. The first-order valence-electron chi connectivity index (χ1n) is 8.48. The van der Waals surface area contributed by atoms with Crippen molar-refractivity contribution in [3.63, 3.8) is 0 Å². The van der Waals surface area contributed by atoms with E-state index in [1.54, 1.807) is 11.9 Å². The van der Waals surface area contributed by atoms with Gasteiger partial charge in [-0.05, 0) is 44.5 Å². The second kappa shape index (κ2) is 7.31. The van der Waals surface area contributed by atoms with E-state index in [2.05, 4.69) is 6.07 Å². The maximum atomic E-state index is 13.8. The Balaban J connectivity index is 1.71. The lowest BCUT2D eigenvalue weighted by Gasteiger charge is -2.36. The molecule has 1 heterocycles. The zero-order valence-electron chi connectivity index (χ0n) is 14.5. The Hall–Kier alpha value is -2.27. The van der Waals surface area contributed by atoms with Gasteiger partial charge in [0.15, 0.2) is 0 Å². The van der Waals surface area contributed by atoms with Crippen LogP contribution in [0.4, 0.5) is 14.5 Å². The highest BCUT2D eigenvalue weighted by Crippen LogP contribution is 2.30. The van der Waals surface area contributed by atoms with Crippen LogP contribution in [-0.4, -0.2) is 30.4 Å². The summed E-state index contributed by atoms with van der Waals surface area (Å²) in [5, 5.41) is 0. The van der Waals surface area contributed by atoms with Crippen LogP contribution in [0.5, 0.6) is 0 Å². The third-order valence-electron chi connectivity index (χ3n) is 4.65. The van der Waals surface area contributed by atoms with E-state index >= 15 is 0 Å². The number of anilines is 1. The summed E-state index contributed by atoms with van der Waals surface area (Å²) in [6, 6.07) is 11.6. The first-order valence-corrected chi connectivity index (χ1v) is 8.48. The summed E-state index contributed by atoms with van der Waals surface area (Å²) >= 11 is 0. The van der Waals surface area contributed by atoms with Crippen molar-refractivity contribution < 1.29 is 13.6 Å². The standard InChI is InChI=1S/C20H22F2N2O/c1-14-7-8-15-5-3-4-6-19(15)24(14)20(25)13-23(2)12-16-9-10-17(21)11-18(16)22/h3-6,9-11,14H,7-8,12-13H2,1-2H3/t14-/m1/s1. The minimum atomic E-state index is -0.598. The molecule has 0 saturated carbocycles. The lowest BCUT2D eigenvalue weighted by molar-refractivity contribution is -0.120. The monoisotopic (exact) mass is 344 g/mol. The summed E-state index contributed by atoms with van der Waals surface area (Å²) in [5.41, 5.74) is 2.53. The van der Waals surface area contributed by atoms with Crippen LogP contribution >= 0.6 is 0 Å². The van der Waals surface area contributed by atoms with Gasteiger partial charge in [0, 0.05) is 29.9 Å². The fourth-order valence-corrected chi connectivity index (χ4v) is 3.37. The van der Waals surface area contributed by atoms with Gasteiger partial charge in [0.25, 0.3) is 0 Å². The minimum Gasteiger partial charge on any atom is -0.308 e. The molecule has 3 rings (SSSR count). The lowest BCUT2D eigenvalue weighted by Crippen LogP contribution is -2.46. The highest BCUT2D eigenvalue weighted by atomic mass is 19.1. The molecule has 132 valence electrons. The first-order chi connectivity index (χ1) is 12.0. The summed E-state index contributed by atoms with van der Waals surface area (Å²) < 4.78 is 26.8. The number of hydrogen-bond donors (Lipinski definition) is 0. The van der Waals surface area contributed by atoms with E-state index in [9.17, 15) is 13.6 Å². The molecule has 0 saturated heterocycles. The molecule has 1 atom stereocenters. The normalized spacial score (nSPS) is 16.8. The van der Waals surface area contributed by atoms with Crippen molar-refractivity contribution in [1.29, 1.82) is 0 Å². The second-order valence-corrected chi connectivity index (χ2v) is 6.69. The number of halogens is 2. The maximum Gasteiger partial charge on any atom is 0.241 e. The van der Waals surface area contributed by atoms with Gasteiger partial charge in [-0.1, -0.05) is 24.3 Å². The molecule has 0 aliphatic carbocycles. The van der Waals surface area contributed by atoms with Crippen molar-refractivity contribution >= 4 is 11.6 Å². The molecule has 0 spiro atoms. The number of carbonyl (C=O) groups excluding carboxylic acids is 1. The third kappa shape index (κ3) is 3.87. The summed E-state index contributed by atoms with van der Waals surface area (Å²) in [6.07, 6.45) is 1.90. The highest BCUT2D eigenvalue weighted by molar-refractivity contribution is 5.96. The lowest BCUT2D eigenvalue weighted by atomic mass is 9.96. The zero-order valence-corrected chi connectivity index (χ0v) is 14.5. The average Bonchev–Trinajstić information content (AvgIpc) is 2.57. The average molecular weight is 344 g/mol. The van der Waals surface area contributed by atoms with E-state index in [0.29, 0.717) is 5.56 Å². The van der Waals surface area contributed by atoms with Crippen LogP contribution < -0.4 is 4.90 Å². The molecule has 25 heavy (non-hydrogen) atoms. The van der Waals surface area contributed by atoms with E-state index in [-0.39, 0.29) is 25.0 Å². The van der Waals surface area contributed by atoms with Gasteiger partial charge >= 0.3 is 0 Å². The van der Waals surface area contributed by atoms with Gasteiger partial charge in [-0.25, -0.2) is 8.78 Å². The molecule has 2 aromatic rings. The van der Waals surface area contributed by atoms with Crippen molar-refractivity contribution in [2.45, 2.75) is 32.4 Å². The van der Waals surface area contributed by atoms with E-state index in [4.69, 9.17) is 0 Å². The fourth-order valence-electron chi connectivity index (χ4n) is 3.37. The van der Waals surface area contributed by atoms with Crippen molar-refractivity contribution in [3.05, 3.63) is 65.2 Å². The molecule has 0 unspecified atom stereocenters. The summed E-state index contributed by atoms with van der Waals surface area (Å²) in [5.74, 6) is -1.20. The number of aryl methyl sites for hydroxylation is 1. The van der Waals surface area contributed by atoms with Crippen molar-refractivity contribution in [1.82, 2.24) is 4.90 Å². The smallest absolute Gasteiger partial charge is 0.241 e. The number of rotatable bonds is 4. The largest absolute Gasteiger partial charge is 0.308 e. The van der Waals surface area contributed by atoms with Crippen LogP contribution in [0.25, 0.3) is 0 Å². The van der Waals surface area contributed by atoms with Crippen molar-refractivity contribution in [3.8, 4) is 0 Å². The molecule has 0 bridgehead atoms. The van der Waals surface area contributed by atoms with Crippen LogP contribution in [0.2, 0.25) is 0 Å². The quantitative estimate of drug-likeness (QED) is 0.843. The topological polar surface area (TPSA) is 23.6 Å². The number of amides is 1. The number of likely N-dealkylation sites (N-methyl/N-ethyl adjacent to an activating group) is 1. The molecule has 0 radical (unpaired) electrons. The van der Waals surface area contributed by atoms with E-state index < -0.39 is 11.6 Å². The Morgan fingerprint density at radius 1 is 1.24 bits per heavy atom. The summed E-state index contributed by atoms with van der Waals surface area (Å²) in [4.78, 5) is 16.4. The molecule has 1 amide bonds. The second-order valence-electron chi connectivity index (χ2n) is 6.69. The van der Waals surface area contributed by atoms with E-state index in [1.165, 1.54) is 17.7 Å². The van der Waals surface area contributed by atoms with Gasteiger partial charge in [-0.15, -0.1) is 0 Å². The predicted octanol–water partition coefficient (Wildman–Crippen LogP) is 3.76. The molecule has 0 aromatic heterocycles. The van der Waals surface area contributed by atoms with Crippen molar-refractivity contribution in [2.24, 2.45) is 0 Å². The number of benzene rings is 2. The van der Waals surface area contributed by atoms with Crippen LogP contribution in [0.3, 0.4) is 0 Å². The Labute approximate surface area is 146 Å². The fraction of sp³-hybridized carbons (Fsp3) is 0.350. The number of nitrogens with zero attached hydrogens (tertiary/aromatic N) is 2. The Morgan fingerprint density at radius 2 is 2.00 bits per heavy atom. The molecule has 2 aromatic carbocycles. The van der Waals surface area contributed by atoms with Crippen LogP contribution in [-0.2, 0) is 17.8 Å². The zero-order chi connectivity index (χ0) is 18.0. The summed E-state index contributed by atoms with van der Waals surface area (Å²) in [7, 11) is 1.77. The number of para-hydroxylation sites is 1. The molecule has 3 nitrogen and oxygen atoms in total. The predicted molar refractivity (Wildman–Crippen MR) is 94.4 cm³/mol. The Bertz CT molecular complexity index is 778. The third-order valence-corrected chi connectivity index (χ3v) is 4.65. The Kier molecular flexibility index (Phi) is 5.13. The Morgan fingerprint density at radius 3 is 2.76 bits per heavy atom. The van der Waals surface area contributed by atoms with Crippen LogP contribution in [0.1, 0.15) is 24.5 Å². The number of fused-ring (bicyclic) bond motifs is 1. The molecule has 0 N–H and O–H groups in total. The molecule has 5 heteroatoms. The molecular formula is C20H22F2N2O. The first kappa shape index (κ1) is 17.5. The maximum absolute atomic E-state index is 13.8. The van der Waals surface area contributed by atoms with Crippen LogP contribution in [0.15, 0.2) is 42.5 Å². The van der Waals surface area contributed by atoms with E-state index in [0.717, 1.165) is 24.6 Å². The summed E-state index contributed by atoms with van der Waals surface area (Å²) in [6.45, 7) is 2.48.